The summed E-state index contributed by atoms with van der Waals surface area (Å²) in [6, 6.07) is 8.18. The molecule has 1 aromatic heterocycles. The molecule has 2 aromatic rings. The molecule has 1 saturated carbocycles. The molecule has 2 atom stereocenters. The topological polar surface area (TPSA) is 29.1 Å². The minimum absolute atomic E-state index is 0.180. The van der Waals surface area contributed by atoms with Gasteiger partial charge in [-0.2, -0.15) is 0 Å². The fraction of sp³-hybridized carbons (Fsp3) is 0.312. The minimum Gasteiger partial charge on any atom is -0.345 e. The Hall–Kier alpha value is -1.39. The number of amides is 1. The maximum atomic E-state index is 14.8. The Morgan fingerprint density at radius 2 is 2.14 bits per heavy atom. The normalized spacial score (nSPS) is 23.9. The maximum absolute atomic E-state index is 14.8. The molecule has 1 fully saturated rings. The fourth-order valence-corrected chi connectivity index (χ4v) is 3.51. The second-order valence-electron chi connectivity index (χ2n) is 5.23. The third-order valence-electron chi connectivity index (χ3n) is 3.86. The summed E-state index contributed by atoms with van der Waals surface area (Å²) in [6.45, 7) is 2.00. The molecule has 110 valence electrons. The second kappa shape index (κ2) is 5.43. The van der Waals surface area contributed by atoms with E-state index in [4.69, 9.17) is 11.6 Å². The van der Waals surface area contributed by atoms with E-state index in [-0.39, 0.29) is 5.91 Å². The van der Waals surface area contributed by atoms with E-state index >= 15 is 0 Å². The first-order valence-corrected chi connectivity index (χ1v) is 8.12. The number of thiophene rings is 1. The molecule has 1 aromatic carbocycles. The number of hydrogen-bond donors (Lipinski definition) is 1. The number of nitrogens with one attached hydrogen (secondary N) is 1. The van der Waals surface area contributed by atoms with Crippen molar-refractivity contribution >= 4 is 28.8 Å². The first-order valence-electron chi connectivity index (χ1n) is 6.87. The molecule has 5 heteroatoms. The van der Waals surface area contributed by atoms with Crippen LogP contribution in [0.4, 0.5) is 4.39 Å². The zero-order valence-electron chi connectivity index (χ0n) is 11.5. The van der Waals surface area contributed by atoms with Gasteiger partial charge < -0.3 is 5.32 Å². The first-order chi connectivity index (χ1) is 10.0. The van der Waals surface area contributed by atoms with E-state index in [1.54, 1.807) is 24.3 Å². The molecule has 0 bridgehead atoms. The van der Waals surface area contributed by atoms with Crippen molar-refractivity contribution in [2.45, 2.75) is 31.5 Å². The van der Waals surface area contributed by atoms with E-state index in [2.05, 4.69) is 5.32 Å². The van der Waals surface area contributed by atoms with Crippen LogP contribution in [0.1, 0.15) is 34.1 Å². The van der Waals surface area contributed by atoms with Crippen molar-refractivity contribution in [3.05, 3.63) is 56.7 Å². The second-order valence-corrected chi connectivity index (χ2v) is 6.58. The van der Waals surface area contributed by atoms with Crippen LogP contribution in [0.2, 0.25) is 5.02 Å². The van der Waals surface area contributed by atoms with E-state index in [0.717, 1.165) is 12.0 Å². The highest BCUT2D eigenvalue weighted by Crippen LogP contribution is 2.50. The highest BCUT2D eigenvalue weighted by Gasteiger charge is 2.57. The summed E-state index contributed by atoms with van der Waals surface area (Å²) >= 11 is 7.21. The van der Waals surface area contributed by atoms with Crippen LogP contribution in [-0.2, 0) is 12.1 Å². The number of benzene rings is 1. The molecule has 1 amide bonds. The van der Waals surface area contributed by atoms with E-state index in [0.29, 0.717) is 21.9 Å². The van der Waals surface area contributed by atoms with Gasteiger partial charge in [-0.1, -0.05) is 30.7 Å². The van der Waals surface area contributed by atoms with Crippen LogP contribution in [0.15, 0.2) is 35.7 Å². The van der Waals surface area contributed by atoms with Gasteiger partial charge in [0, 0.05) is 11.4 Å². The fourth-order valence-electron chi connectivity index (χ4n) is 2.49. The average molecular weight is 324 g/mol. The molecule has 2 nitrogen and oxygen atoms in total. The molecule has 2 unspecified atom stereocenters. The zero-order valence-corrected chi connectivity index (χ0v) is 13.1. The predicted molar refractivity (Wildman–Crippen MR) is 83.8 cm³/mol. The molecule has 0 saturated heterocycles. The lowest BCUT2D eigenvalue weighted by Gasteiger charge is -2.10. The lowest BCUT2D eigenvalue weighted by atomic mass is 10.1. The van der Waals surface area contributed by atoms with Gasteiger partial charge in [-0.05, 0) is 41.1 Å². The summed E-state index contributed by atoms with van der Waals surface area (Å²) < 4.78 is 14.8. The third-order valence-corrected chi connectivity index (χ3v) is 5.06. The van der Waals surface area contributed by atoms with Crippen LogP contribution in [0.3, 0.4) is 0 Å². The standard InChI is InChI=1S/C16H15ClFNOS/c1-2-10-7-8-21-14(10)15(20)19-13-9-16(13,18)11-3-5-12(17)6-4-11/h3-8,13H,2,9H2,1H3,(H,19,20). The van der Waals surface area contributed by atoms with E-state index in [1.165, 1.54) is 11.3 Å². The van der Waals surface area contributed by atoms with Crippen LogP contribution < -0.4 is 5.32 Å². The van der Waals surface area contributed by atoms with Crippen LogP contribution in [-0.4, -0.2) is 11.9 Å². The molecule has 0 aliphatic heterocycles. The van der Waals surface area contributed by atoms with Crippen molar-refractivity contribution in [3.8, 4) is 0 Å². The van der Waals surface area contributed by atoms with Gasteiger partial charge in [0.25, 0.3) is 5.91 Å². The quantitative estimate of drug-likeness (QED) is 0.891. The highest BCUT2D eigenvalue weighted by molar-refractivity contribution is 7.12. The van der Waals surface area contributed by atoms with E-state index < -0.39 is 11.7 Å². The number of halogens is 2. The molecule has 1 aliphatic rings. The van der Waals surface area contributed by atoms with E-state index in [1.807, 2.05) is 18.4 Å². The number of carbonyl (C=O) groups excluding carboxylic acids is 1. The number of alkyl halides is 1. The summed E-state index contributed by atoms with van der Waals surface area (Å²) in [5.41, 5.74) is 0.109. The lowest BCUT2D eigenvalue weighted by molar-refractivity contribution is 0.0943. The van der Waals surface area contributed by atoms with Crippen molar-refractivity contribution in [2.24, 2.45) is 0 Å². The van der Waals surface area contributed by atoms with Crippen LogP contribution >= 0.6 is 22.9 Å². The summed E-state index contributed by atoms with van der Waals surface area (Å²) in [5.74, 6) is -0.180. The molecule has 3 rings (SSSR count). The molecule has 21 heavy (non-hydrogen) atoms. The first kappa shape index (κ1) is 14.5. The van der Waals surface area contributed by atoms with Crippen molar-refractivity contribution in [2.75, 3.05) is 0 Å². The SMILES string of the molecule is CCc1ccsc1C(=O)NC1CC1(F)c1ccc(Cl)cc1. The zero-order chi connectivity index (χ0) is 15.0. The smallest absolute Gasteiger partial charge is 0.261 e. The van der Waals surface area contributed by atoms with Crippen LogP contribution in [0, 0.1) is 0 Å². The van der Waals surface area contributed by atoms with Crippen molar-refractivity contribution in [3.63, 3.8) is 0 Å². The van der Waals surface area contributed by atoms with Gasteiger partial charge in [-0.15, -0.1) is 11.3 Å². The van der Waals surface area contributed by atoms with Crippen molar-refractivity contribution in [1.82, 2.24) is 5.32 Å². The van der Waals surface area contributed by atoms with Gasteiger partial charge in [-0.25, -0.2) is 4.39 Å². The van der Waals surface area contributed by atoms with Gasteiger partial charge in [0.1, 0.15) is 0 Å². The highest BCUT2D eigenvalue weighted by atomic mass is 35.5. The summed E-state index contributed by atoms with van der Waals surface area (Å²) in [7, 11) is 0. The van der Waals surface area contributed by atoms with Crippen molar-refractivity contribution < 1.29 is 9.18 Å². The van der Waals surface area contributed by atoms with Crippen LogP contribution in [0.5, 0.6) is 0 Å². The van der Waals surface area contributed by atoms with E-state index in [9.17, 15) is 9.18 Å². The molecular weight excluding hydrogens is 309 g/mol. The molecule has 0 spiro atoms. The van der Waals surface area contributed by atoms with Gasteiger partial charge >= 0.3 is 0 Å². The van der Waals surface area contributed by atoms with Gasteiger partial charge in [0.2, 0.25) is 0 Å². The van der Waals surface area contributed by atoms with Gasteiger partial charge in [0.05, 0.1) is 10.9 Å². The third kappa shape index (κ3) is 2.70. The Balaban J connectivity index is 1.70. The summed E-state index contributed by atoms with van der Waals surface area (Å²) in [4.78, 5) is 12.9. The molecule has 1 heterocycles. The Morgan fingerprint density at radius 1 is 1.43 bits per heavy atom. The Labute approximate surface area is 131 Å². The number of hydrogen-bond acceptors (Lipinski definition) is 2. The minimum atomic E-state index is -1.47. The Kier molecular flexibility index (Phi) is 3.76. The number of aryl methyl sites for hydroxylation is 1. The number of rotatable bonds is 4. The van der Waals surface area contributed by atoms with Crippen LogP contribution in [0.25, 0.3) is 0 Å². The molecule has 1 N–H and O–H groups in total. The monoisotopic (exact) mass is 323 g/mol. The average Bonchev–Trinajstić information content (AvgIpc) is 2.92. The Morgan fingerprint density at radius 3 is 2.81 bits per heavy atom. The molecule has 1 aliphatic carbocycles. The lowest BCUT2D eigenvalue weighted by Crippen LogP contribution is -2.29. The largest absolute Gasteiger partial charge is 0.345 e. The summed E-state index contributed by atoms with van der Waals surface area (Å²) in [5, 5.41) is 5.27. The Bertz CT molecular complexity index is 669. The number of carbonyl (C=O) groups is 1. The van der Waals surface area contributed by atoms with Crippen molar-refractivity contribution in [1.29, 1.82) is 0 Å². The molecule has 0 radical (unpaired) electrons. The van der Waals surface area contributed by atoms with Gasteiger partial charge in [-0.3, -0.25) is 4.79 Å². The summed E-state index contributed by atoms with van der Waals surface area (Å²) in [6.07, 6.45) is 1.11. The van der Waals surface area contributed by atoms with Gasteiger partial charge in [0.15, 0.2) is 5.67 Å². The molecular formula is C16H15ClFNOS. The maximum Gasteiger partial charge on any atom is 0.261 e. The predicted octanol–water partition coefficient (Wildman–Crippen LogP) is 4.33.